The molecule has 0 amide bonds. The van der Waals surface area contributed by atoms with Gasteiger partial charge in [-0.2, -0.15) is 0 Å². The molecule has 0 atom stereocenters. The van der Waals surface area contributed by atoms with Crippen molar-refractivity contribution in [2.24, 2.45) is 0 Å². The highest BCUT2D eigenvalue weighted by Gasteiger charge is 2.03. The van der Waals surface area contributed by atoms with Gasteiger partial charge < -0.3 is 10.5 Å². The Kier molecular flexibility index (Phi) is 3.51. The van der Waals surface area contributed by atoms with Gasteiger partial charge in [0.2, 0.25) is 5.88 Å². The number of nitrogens with zero attached hydrogens (tertiary/aromatic N) is 2. The van der Waals surface area contributed by atoms with Crippen molar-refractivity contribution in [3.63, 3.8) is 0 Å². The minimum absolute atomic E-state index is 0.510. The summed E-state index contributed by atoms with van der Waals surface area (Å²) in [6.45, 7) is 1.92. The van der Waals surface area contributed by atoms with Crippen molar-refractivity contribution in [3.05, 3.63) is 66.5 Å². The predicted molar refractivity (Wildman–Crippen MR) is 83.1 cm³/mol. The molecule has 2 aromatic heterocycles. The van der Waals surface area contributed by atoms with Crippen LogP contribution in [0.15, 0.2) is 60.9 Å². The molecule has 0 bridgehead atoms. The van der Waals surface area contributed by atoms with Gasteiger partial charge in [0.25, 0.3) is 0 Å². The summed E-state index contributed by atoms with van der Waals surface area (Å²) in [7, 11) is 0. The smallest absolute Gasteiger partial charge is 0.219 e. The Hall–Kier alpha value is -2.88. The van der Waals surface area contributed by atoms with E-state index in [0.717, 1.165) is 16.8 Å². The fourth-order valence-electron chi connectivity index (χ4n) is 1.94. The third-order valence-electron chi connectivity index (χ3n) is 3.15. The lowest BCUT2D eigenvalue weighted by molar-refractivity contribution is 0.460. The summed E-state index contributed by atoms with van der Waals surface area (Å²) in [6.07, 6.45) is 3.28. The minimum atomic E-state index is 0.510. The quantitative estimate of drug-likeness (QED) is 0.790. The van der Waals surface area contributed by atoms with Gasteiger partial charge in [-0.15, -0.1) is 0 Å². The van der Waals surface area contributed by atoms with Gasteiger partial charge in [0.05, 0.1) is 23.8 Å². The van der Waals surface area contributed by atoms with Crippen LogP contribution in [-0.4, -0.2) is 9.97 Å². The van der Waals surface area contributed by atoms with Crippen LogP contribution in [0.3, 0.4) is 0 Å². The van der Waals surface area contributed by atoms with Crippen molar-refractivity contribution >= 4 is 5.69 Å². The zero-order chi connectivity index (χ0) is 14.7. The second-order valence-electron chi connectivity index (χ2n) is 4.73. The summed E-state index contributed by atoms with van der Waals surface area (Å²) in [5, 5.41) is 0. The third kappa shape index (κ3) is 3.00. The van der Waals surface area contributed by atoms with Crippen molar-refractivity contribution in [1.29, 1.82) is 0 Å². The van der Waals surface area contributed by atoms with Gasteiger partial charge in [0.15, 0.2) is 0 Å². The van der Waals surface area contributed by atoms with Crippen LogP contribution >= 0.6 is 0 Å². The zero-order valence-corrected chi connectivity index (χ0v) is 11.7. The van der Waals surface area contributed by atoms with Crippen LogP contribution in [0.2, 0.25) is 0 Å². The number of hydrogen-bond acceptors (Lipinski definition) is 4. The van der Waals surface area contributed by atoms with E-state index in [2.05, 4.69) is 9.97 Å². The maximum atomic E-state index is 5.74. The summed E-state index contributed by atoms with van der Waals surface area (Å²) >= 11 is 0. The summed E-state index contributed by atoms with van der Waals surface area (Å²) in [5.74, 6) is 1.15. The number of anilines is 1. The standard InChI is InChI=1S/C17H15N3O/c1-12-9-17(20-11-15(12)18)21-14-7-8-16(19-10-14)13-5-3-2-4-6-13/h2-11H,18H2,1H3. The van der Waals surface area contributed by atoms with E-state index in [1.165, 1.54) is 0 Å². The summed E-state index contributed by atoms with van der Waals surface area (Å²) in [4.78, 5) is 8.55. The molecule has 0 saturated carbocycles. The molecule has 21 heavy (non-hydrogen) atoms. The number of aromatic nitrogens is 2. The first-order chi connectivity index (χ1) is 10.2. The Morgan fingerprint density at radius 1 is 0.952 bits per heavy atom. The lowest BCUT2D eigenvalue weighted by Gasteiger charge is -2.07. The fraction of sp³-hybridized carbons (Fsp3) is 0.0588. The number of nitrogens with two attached hydrogens (primary N) is 1. The molecule has 2 N–H and O–H groups in total. The molecule has 3 rings (SSSR count). The molecule has 0 radical (unpaired) electrons. The molecule has 1 aromatic carbocycles. The second-order valence-corrected chi connectivity index (χ2v) is 4.73. The number of ether oxygens (including phenoxy) is 1. The first-order valence-electron chi connectivity index (χ1n) is 6.64. The Balaban J connectivity index is 1.80. The summed E-state index contributed by atoms with van der Waals surface area (Å²) < 4.78 is 5.68. The van der Waals surface area contributed by atoms with Crippen molar-refractivity contribution in [1.82, 2.24) is 9.97 Å². The van der Waals surface area contributed by atoms with Crippen molar-refractivity contribution in [3.8, 4) is 22.9 Å². The zero-order valence-electron chi connectivity index (χ0n) is 11.7. The fourth-order valence-corrected chi connectivity index (χ4v) is 1.94. The number of aryl methyl sites for hydroxylation is 1. The molecule has 0 aliphatic heterocycles. The van der Waals surface area contributed by atoms with Crippen LogP contribution in [0.1, 0.15) is 5.56 Å². The van der Waals surface area contributed by atoms with Gasteiger partial charge in [-0.05, 0) is 24.6 Å². The van der Waals surface area contributed by atoms with Crippen LogP contribution < -0.4 is 10.5 Å². The first-order valence-corrected chi connectivity index (χ1v) is 6.64. The molecule has 0 unspecified atom stereocenters. The van der Waals surface area contributed by atoms with Crippen molar-refractivity contribution < 1.29 is 4.74 Å². The molecule has 2 heterocycles. The lowest BCUT2D eigenvalue weighted by Crippen LogP contribution is -1.94. The Bertz CT molecular complexity index is 740. The Morgan fingerprint density at radius 2 is 1.76 bits per heavy atom. The van der Waals surface area contributed by atoms with Crippen LogP contribution in [0, 0.1) is 6.92 Å². The number of rotatable bonds is 3. The normalized spacial score (nSPS) is 10.3. The van der Waals surface area contributed by atoms with E-state index < -0.39 is 0 Å². The first kappa shape index (κ1) is 13.1. The highest BCUT2D eigenvalue weighted by atomic mass is 16.5. The molecule has 0 aliphatic rings. The topological polar surface area (TPSA) is 61.0 Å². The van der Waals surface area contributed by atoms with E-state index in [1.807, 2.05) is 49.4 Å². The van der Waals surface area contributed by atoms with E-state index >= 15 is 0 Å². The van der Waals surface area contributed by atoms with Crippen molar-refractivity contribution in [2.75, 3.05) is 5.73 Å². The molecule has 4 nitrogen and oxygen atoms in total. The molecule has 4 heteroatoms. The highest BCUT2D eigenvalue weighted by molar-refractivity contribution is 5.59. The second kappa shape index (κ2) is 5.63. The maximum Gasteiger partial charge on any atom is 0.219 e. The van der Waals surface area contributed by atoms with Gasteiger partial charge in [-0.3, -0.25) is 4.98 Å². The largest absolute Gasteiger partial charge is 0.437 e. The average molecular weight is 277 g/mol. The van der Waals surface area contributed by atoms with Gasteiger partial charge in [0.1, 0.15) is 5.75 Å². The van der Waals surface area contributed by atoms with Crippen LogP contribution in [0.4, 0.5) is 5.69 Å². The number of nitrogen functional groups attached to an aromatic ring is 1. The van der Waals surface area contributed by atoms with Crippen LogP contribution in [0.5, 0.6) is 11.6 Å². The number of pyridine rings is 2. The number of benzene rings is 1. The van der Waals surface area contributed by atoms with E-state index in [4.69, 9.17) is 10.5 Å². The van der Waals surface area contributed by atoms with Crippen molar-refractivity contribution in [2.45, 2.75) is 6.92 Å². The molecule has 0 aliphatic carbocycles. The van der Waals surface area contributed by atoms with Crippen LogP contribution in [-0.2, 0) is 0 Å². The van der Waals surface area contributed by atoms with E-state index in [9.17, 15) is 0 Å². The SMILES string of the molecule is Cc1cc(Oc2ccc(-c3ccccc3)nc2)ncc1N. The maximum absolute atomic E-state index is 5.74. The lowest BCUT2D eigenvalue weighted by atomic mass is 10.1. The highest BCUT2D eigenvalue weighted by Crippen LogP contribution is 2.24. The summed E-state index contributed by atoms with van der Waals surface area (Å²) in [6, 6.07) is 15.6. The van der Waals surface area contributed by atoms with Gasteiger partial charge in [-0.1, -0.05) is 30.3 Å². The van der Waals surface area contributed by atoms with Gasteiger partial charge in [-0.25, -0.2) is 4.98 Å². The molecule has 104 valence electrons. The monoisotopic (exact) mass is 277 g/mol. The summed E-state index contributed by atoms with van der Waals surface area (Å²) in [5.41, 5.74) is 9.31. The predicted octanol–water partition coefficient (Wildman–Crippen LogP) is 3.83. The van der Waals surface area contributed by atoms with Crippen LogP contribution in [0.25, 0.3) is 11.3 Å². The van der Waals surface area contributed by atoms with Gasteiger partial charge >= 0.3 is 0 Å². The third-order valence-corrected chi connectivity index (χ3v) is 3.15. The Morgan fingerprint density at radius 3 is 2.43 bits per heavy atom. The van der Waals surface area contributed by atoms with Gasteiger partial charge in [0, 0.05) is 11.6 Å². The van der Waals surface area contributed by atoms with E-state index in [0.29, 0.717) is 17.3 Å². The molecule has 0 spiro atoms. The minimum Gasteiger partial charge on any atom is -0.437 e. The van der Waals surface area contributed by atoms with E-state index in [-0.39, 0.29) is 0 Å². The molecule has 3 aromatic rings. The number of hydrogen-bond donors (Lipinski definition) is 1. The average Bonchev–Trinajstić information content (AvgIpc) is 2.53. The van der Waals surface area contributed by atoms with E-state index in [1.54, 1.807) is 18.5 Å². The Labute approximate surface area is 123 Å². The molecular weight excluding hydrogens is 262 g/mol. The molecular formula is C17H15N3O. The molecule has 0 fully saturated rings. The molecule has 0 saturated heterocycles.